The number of carbonyl (C=O) groups is 3. The number of carbonyl (C=O) groups excluding carboxylic acids is 2. The molecule has 12 heteroatoms. The molecule has 11 nitrogen and oxygen atoms in total. The molecule has 0 aromatic carbocycles. The maximum absolute atomic E-state index is 11.8. The molecular formula is C18H34NO10P. The fourth-order valence-corrected chi connectivity index (χ4v) is 3.00. The number of carboxylic acids is 1. The number of unbranched alkanes of at least 4 members (excludes halogenated alkanes) is 4. The Morgan fingerprint density at radius 3 is 2.17 bits per heavy atom. The van der Waals surface area contributed by atoms with E-state index in [1.165, 1.54) is 0 Å². The first-order valence-corrected chi connectivity index (χ1v) is 11.6. The summed E-state index contributed by atoms with van der Waals surface area (Å²) < 4.78 is 25.7. The minimum atomic E-state index is -4.69. The van der Waals surface area contributed by atoms with Crippen molar-refractivity contribution in [3.8, 4) is 0 Å². The van der Waals surface area contributed by atoms with E-state index in [9.17, 15) is 28.9 Å². The summed E-state index contributed by atoms with van der Waals surface area (Å²) in [7, 11) is -4.69. The van der Waals surface area contributed by atoms with Gasteiger partial charge in [0.15, 0.2) is 6.04 Å². The molecule has 0 radical (unpaired) electrons. The van der Waals surface area contributed by atoms with Crippen molar-refractivity contribution < 1.29 is 47.8 Å². The number of carboxylic acid groups (broad SMARTS) is 1. The van der Waals surface area contributed by atoms with Crippen molar-refractivity contribution >= 4 is 25.7 Å². The molecule has 0 saturated carbocycles. The molecule has 0 aromatic heterocycles. The fraction of sp³-hybridized carbons (Fsp3) is 0.833. The van der Waals surface area contributed by atoms with Gasteiger partial charge < -0.3 is 25.2 Å². The van der Waals surface area contributed by atoms with Crippen LogP contribution in [0.15, 0.2) is 0 Å². The molecule has 0 aromatic rings. The van der Waals surface area contributed by atoms with Gasteiger partial charge in [-0.2, -0.15) is 0 Å². The second-order valence-electron chi connectivity index (χ2n) is 6.77. The van der Waals surface area contributed by atoms with Crippen molar-refractivity contribution in [1.82, 2.24) is 5.32 Å². The van der Waals surface area contributed by atoms with Gasteiger partial charge in [-0.05, 0) is 12.8 Å². The normalized spacial score (nSPS) is 15.1. The van der Waals surface area contributed by atoms with Crippen LogP contribution in [-0.4, -0.2) is 64.9 Å². The minimum Gasteiger partial charge on any atom is -0.480 e. The molecule has 1 amide bonds. The number of phosphoric acid groups is 1. The van der Waals surface area contributed by atoms with Crippen LogP contribution < -0.4 is 5.32 Å². The quantitative estimate of drug-likeness (QED) is 0.136. The summed E-state index contributed by atoms with van der Waals surface area (Å²) in [6.07, 6.45) is 4.11. The van der Waals surface area contributed by atoms with Crippen molar-refractivity contribution in [2.24, 2.45) is 0 Å². The Kier molecular flexibility index (Phi) is 15.4. The SMILES string of the molecule is CCCCCCCC(=O)NC(COP(=O)(O)OCC(O)COC(=O)CCC)C(=O)O. The predicted molar refractivity (Wildman–Crippen MR) is 107 cm³/mol. The first-order chi connectivity index (χ1) is 14.1. The predicted octanol–water partition coefficient (Wildman–Crippen LogP) is 1.75. The third-order valence-corrected chi connectivity index (χ3v) is 4.82. The maximum atomic E-state index is 11.8. The van der Waals surface area contributed by atoms with Crippen LogP contribution in [0.1, 0.15) is 65.2 Å². The van der Waals surface area contributed by atoms with Crippen molar-refractivity contribution in [3.63, 3.8) is 0 Å². The highest BCUT2D eigenvalue weighted by Gasteiger charge is 2.28. The van der Waals surface area contributed by atoms with Crippen molar-refractivity contribution in [1.29, 1.82) is 0 Å². The number of amides is 1. The molecule has 0 fully saturated rings. The average Bonchev–Trinajstić information content (AvgIpc) is 2.68. The number of hydrogen-bond donors (Lipinski definition) is 4. The Bertz CT molecular complexity index is 571. The summed E-state index contributed by atoms with van der Waals surface area (Å²) in [6.45, 7) is 1.95. The Balaban J connectivity index is 4.30. The molecule has 0 spiro atoms. The lowest BCUT2D eigenvalue weighted by molar-refractivity contribution is -0.147. The zero-order valence-electron chi connectivity index (χ0n) is 17.6. The summed E-state index contributed by atoms with van der Waals surface area (Å²) >= 11 is 0. The number of aliphatic hydroxyl groups excluding tert-OH is 1. The van der Waals surface area contributed by atoms with Gasteiger partial charge in [-0.25, -0.2) is 9.36 Å². The molecule has 0 aliphatic heterocycles. The van der Waals surface area contributed by atoms with Gasteiger partial charge in [0.25, 0.3) is 0 Å². The van der Waals surface area contributed by atoms with E-state index < -0.39 is 57.6 Å². The Hall–Kier alpha value is -1.52. The lowest BCUT2D eigenvalue weighted by atomic mass is 10.1. The van der Waals surface area contributed by atoms with Gasteiger partial charge in [-0.15, -0.1) is 0 Å². The maximum Gasteiger partial charge on any atom is 0.472 e. The summed E-state index contributed by atoms with van der Waals surface area (Å²) in [5.74, 6) is -2.46. The Labute approximate surface area is 176 Å². The standard InChI is InChI=1S/C18H34NO10P/c1-3-5-6-7-8-10-16(21)19-15(18(23)24)13-29-30(25,26)28-12-14(20)11-27-17(22)9-4-2/h14-15,20H,3-13H2,1-2H3,(H,19,21)(H,23,24)(H,25,26). The molecule has 0 bridgehead atoms. The van der Waals surface area contributed by atoms with Crippen LogP contribution in [0.3, 0.4) is 0 Å². The van der Waals surface area contributed by atoms with E-state index in [2.05, 4.69) is 21.3 Å². The zero-order valence-corrected chi connectivity index (χ0v) is 18.5. The zero-order chi connectivity index (χ0) is 23.0. The molecular weight excluding hydrogens is 421 g/mol. The van der Waals surface area contributed by atoms with Gasteiger partial charge in [0.2, 0.25) is 5.91 Å². The lowest BCUT2D eigenvalue weighted by Crippen LogP contribution is -2.43. The molecule has 0 heterocycles. The summed E-state index contributed by atoms with van der Waals surface area (Å²) in [6, 6.07) is -1.53. The second kappa shape index (κ2) is 16.2. The molecule has 0 rings (SSSR count). The van der Waals surface area contributed by atoms with Crippen molar-refractivity contribution in [3.05, 3.63) is 0 Å². The van der Waals surface area contributed by atoms with E-state index in [4.69, 9.17) is 9.84 Å². The number of rotatable bonds is 18. The van der Waals surface area contributed by atoms with E-state index >= 15 is 0 Å². The number of phosphoric ester groups is 1. The molecule has 30 heavy (non-hydrogen) atoms. The summed E-state index contributed by atoms with van der Waals surface area (Å²) in [5, 5.41) is 21.0. The van der Waals surface area contributed by atoms with E-state index in [-0.39, 0.29) is 12.8 Å². The fourth-order valence-electron chi connectivity index (χ4n) is 2.23. The van der Waals surface area contributed by atoms with E-state index in [0.29, 0.717) is 12.8 Å². The lowest BCUT2D eigenvalue weighted by Gasteiger charge is -2.18. The molecule has 0 aliphatic rings. The van der Waals surface area contributed by atoms with Gasteiger partial charge >= 0.3 is 19.8 Å². The second-order valence-corrected chi connectivity index (χ2v) is 8.22. The number of aliphatic hydroxyl groups is 1. The average molecular weight is 455 g/mol. The van der Waals surface area contributed by atoms with E-state index in [1.54, 1.807) is 6.92 Å². The molecule has 3 atom stereocenters. The van der Waals surface area contributed by atoms with Crippen molar-refractivity contribution in [2.75, 3.05) is 19.8 Å². The summed E-state index contributed by atoms with van der Waals surface area (Å²) in [4.78, 5) is 43.9. The number of aliphatic carboxylic acids is 1. The number of nitrogens with one attached hydrogen (secondary N) is 1. The smallest absolute Gasteiger partial charge is 0.472 e. The van der Waals surface area contributed by atoms with E-state index in [0.717, 1.165) is 25.7 Å². The highest BCUT2D eigenvalue weighted by Crippen LogP contribution is 2.43. The van der Waals surface area contributed by atoms with Crippen LogP contribution in [0.2, 0.25) is 0 Å². The molecule has 4 N–H and O–H groups in total. The Morgan fingerprint density at radius 2 is 1.57 bits per heavy atom. The van der Waals surface area contributed by atoms with Gasteiger partial charge in [0.1, 0.15) is 12.7 Å². The highest BCUT2D eigenvalue weighted by atomic mass is 31.2. The van der Waals surface area contributed by atoms with Crippen molar-refractivity contribution in [2.45, 2.75) is 77.4 Å². The van der Waals surface area contributed by atoms with Gasteiger partial charge in [-0.1, -0.05) is 39.5 Å². The molecule has 0 aliphatic carbocycles. The third kappa shape index (κ3) is 15.3. The number of hydrogen-bond acceptors (Lipinski definition) is 8. The van der Waals surface area contributed by atoms with Crippen LogP contribution in [0, 0.1) is 0 Å². The first kappa shape index (κ1) is 28.5. The van der Waals surface area contributed by atoms with Crippen LogP contribution in [0.5, 0.6) is 0 Å². The first-order valence-electron chi connectivity index (χ1n) is 10.1. The van der Waals surface area contributed by atoms with Crippen LogP contribution in [-0.2, 0) is 32.7 Å². The minimum absolute atomic E-state index is 0.143. The molecule has 3 unspecified atom stereocenters. The molecule has 0 saturated heterocycles. The van der Waals surface area contributed by atoms with Gasteiger partial charge in [-0.3, -0.25) is 18.6 Å². The molecule has 176 valence electrons. The number of esters is 1. The van der Waals surface area contributed by atoms with Gasteiger partial charge in [0.05, 0.1) is 13.2 Å². The van der Waals surface area contributed by atoms with E-state index in [1.807, 2.05) is 0 Å². The van der Waals surface area contributed by atoms with Gasteiger partial charge in [0, 0.05) is 12.8 Å². The number of ether oxygens (including phenoxy) is 1. The highest BCUT2D eigenvalue weighted by molar-refractivity contribution is 7.47. The van der Waals surface area contributed by atoms with Crippen LogP contribution in [0.25, 0.3) is 0 Å². The topological polar surface area (TPSA) is 169 Å². The Morgan fingerprint density at radius 1 is 0.933 bits per heavy atom. The summed E-state index contributed by atoms with van der Waals surface area (Å²) in [5.41, 5.74) is 0. The van der Waals surface area contributed by atoms with Crippen LogP contribution >= 0.6 is 7.82 Å². The monoisotopic (exact) mass is 455 g/mol. The van der Waals surface area contributed by atoms with Crippen LogP contribution in [0.4, 0.5) is 0 Å². The third-order valence-electron chi connectivity index (χ3n) is 3.87. The largest absolute Gasteiger partial charge is 0.480 e.